The highest BCUT2D eigenvalue weighted by molar-refractivity contribution is 5.94. The van der Waals surface area contributed by atoms with Crippen molar-refractivity contribution in [1.82, 2.24) is 14.5 Å². The monoisotopic (exact) mass is 411 g/mol. The zero-order valence-electron chi connectivity index (χ0n) is 17.1. The second-order valence-electron chi connectivity index (χ2n) is 7.56. The Morgan fingerprint density at radius 2 is 1.97 bits per heavy atom. The topological polar surface area (TPSA) is 63.1 Å². The number of nitrogens with one attached hydrogen (secondary N) is 1. The van der Waals surface area contributed by atoms with Gasteiger partial charge in [0, 0.05) is 42.3 Å². The van der Waals surface area contributed by atoms with Crippen LogP contribution >= 0.6 is 12.4 Å². The minimum Gasteiger partial charge on any atom is -0.363 e. The molecule has 1 aromatic carbocycles. The number of imidazole rings is 1. The number of hydrogen-bond donors (Lipinski definition) is 1. The second kappa shape index (κ2) is 8.25. The van der Waals surface area contributed by atoms with Crippen LogP contribution in [0.4, 0.5) is 11.5 Å². The fraction of sp³-hybridized carbons (Fsp3) is 0.318. The lowest BCUT2D eigenvalue weighted by molar-refractivity contribution is -0.117. The molecule has 2 atom stereocenters. The Balaban J connectivity index is 0.00000240. The Morgan fingerprint density at radius 1 is 1.17 bits per heavy atom. The van der Waals surface area contributed by atoms with Crippen molar-refractivity contribution in [3.8, 4) is 5.69 Å². The summed E-state index contributed by atoms with van der Waals surface area (Å²) in [6, 6.07) is 10.4. The Bertz CT molecular complexity index is 1010. The lowest BCUT2D eigenvalue weighted by Gasteiger charge is -2.39. The van der Waals surface area contributed by atoms with E-state index < -0.39 is 0 Å². The molecule has 0 unspecified atom stereocenters. The summed E-state index contributed by atoms with van der Waals surface area (Å²) in [4.78, 5) is 23.0. The third-order valence-corrected chi connectivity index (χ3v) is 5.25. The summed E-state index contributed by atoms with van der Waals surface area (Å²) in [6.07, 6.45) is 6.49. The van der Waals surface area contributed by atoms with Crippen LogP contribution in [0.5, 0.6) is 0 Å². The first kappa shape index (κ1) is 20.9. The highest BCUT2D eigenvalue weighted by Crippen LogP contribution is 2.40. The molecule has 1 N–H and O–H groups in total. The number of aromatic nitrogens is 3. The summed E-state index contributed by atoms with van der Waals surface area (Å²) in [6.45, 7) is 7.72. The van der Waals surface area contributed by atoms with E-state index in [1.807, 2.05) is 60.2 Å². The highest BCUT2D eigenvalue weighted by atomic mass is 35.5. The van der Waals surface area contributed by atoms with E-state index >= 15 is 0 Å². The number of amides is 1. The van der Waals surface area contributed by atoms with E-state index in [0.717, 1.165) is 40.4 Å². The van der Waals surface area contributed by atoms with Crippen LogP contribution < -0.4 is 10.2 Å². The van der Waals surface area contributed by atoms with Gasteiger partial charge in [-0.2, -0.15) is 0 Å². The Morgan fingerprint density at radius 3 is 2.59 bits per heavy atom. The molecule has 0 spiro atoms. The Hall–Kier alpha value is -2.86. The van der Waals surface area contributed by atoms with Gasteiger partial charge >= 0.3 is 0 Å². The van der Waals surface area contributed by atoms with Gasteiger partial charge < -0.3 is 14.8 Å². The zero-order chi connectivity index (χ0) is 19.8. The minimum absolute atomic E-state index is 0. The average Bonchev–Trinajstić information content (AvgIpc) is 3.09. The number of benzene rings is 1. The highest BCUT2D eigenvalue weighted by Gasteiger charge is 2.32. The molecule has 1 amide bonds. The smallest absolute Gasteiger partial charge is 0.224 e. The summed E-state index contributed by atoms with van der Waals surface area (Å²) in [5.74, 6) is 0.904. The maximum absolute atomic E-state index is 12.3. The molecule has 3 heterocycles. The number of pyridine rings is 1. The van der Waals surface area contributed by atoms with Crippen molar-refractivity contribution in [3.05, 3.63) is 65.9 Å². The van der Waals surface area contributed by atoms with E-state index in [-0.39, 0.29) is 30.4 Å². The van der Waals surface area contributed by atoms with Gasteiger partial charge in [0.05, 0.1) is 18.1 Å². The van der Waals surface area contributed by atoms with E-state index in [4.69, 9.17) is 0 Å². The lowest BCUT2D eigenvalue weighted by Crippen LogP contribution is -2.43. The van der Waals surface area contributed by atoms with Crippen molar-refractivity contribution >= 4 is 29.8 Å². The minimum atomic E-state index is 0. The molecule has 1 aliphatic rings. The first-order valence-corrected chi connectivity index (χ1v) is 9.56. The van der Waals surface area contributed by atoms with Crippen molar-refractivity contribution < 1.29 is 4.79 Å². The maximum atomic E-state index is 12.3. The van der Waals surface area contributed by atoms with Crippen LogP contribution in [-0.2, 0) is 4.79 Å². The maximum Gasteiger partial charge on any atom is 0.224 e. The predicted molar refractivity (Wildman–Crippen MR) is 118 cm³/mol. The molecule has 0 saturated heterocycles. The number of carbonyl (C=O) groups is 1. The van der Waals surface area contributed by atoms with Crippen molar-refractivity contribution in [2.24, 2.45) is 0 Å². The quantitative estimate of drug-likeness (QED) is 0.683. The summed E-state index contributed by atoms with van der Waals surface area (Å²) in [5, 5.41) is 3.56. The van der Waals surface area contributed by atoms with Crippen molar-refractivity contribution in [2.45, 2.75) is 46.2 Å². The lowest BCUT2D eigenvalue weighted by atomic mass is 9.91. The number of halogens is 1. The predicted octanol–water partition coefficient (Wildman–Crippen LogP) is 4.60. The van der Waals surface area contributed by atoms with Crippen LogP contribution in [-0.4, -0.2) is 26.5 Å². The fourth-order valence-electron chi connectivity index (χ4n) is 3.92. The van der Waals surface area contributed by atoms with Crippen molar-refractivity contribution in [1.29, 1.82) is 0 Å². The van der Waals surface area contributed by atoms with Crippen LogP contribution in [0.25, 0.3) is 5.69 Å². The molecular weight excluding hydrogens is 386 g/mol. The molecule has 0 bridgehead atoms. The third kappa shape index (κ3) is 4.12. The van der Waals surface area contributed by atoms with Gasteiger partial charge in [0.25, 0.3) is 0 Å². The molecule has 2 aromatic heterocycles. The standard InChI is InChI=1S/C22H25N5O.ClH/c1-14-5-8-22(23-11-14)25-20-9-16(3)27(17(4)28)21-7-6-18(10-19(20)21)26-12-15(2)24-13-26;/h5-8,10-13,16,20H,9H2,1-4H3,(H,23,25);1H/t16-,20+;/m1./s1. The van der Waals surface area contributed by atoms with E-state index in [0.29, 0.717) is 0 Å². The summed E-state index contributed by atoms with van der Waals surface area (Å²) in [5.41, 5.74) is 5.18. The molecule has 0 radical (unpaired) electrons. The van der Waals surface area contributed by atoms with Gasteiger partial charge in [-0.05, 0) is 57.0 Å². The van der Waals surface area contributed by atoms with Crippen LogP contribution in [0.3, 0.4) is 0 Å². The molecule has 0 fully saturated rings. The van der Waals surface area contributed by atoms with Crippen molar-refractivity contribution in [2.75, 3.05) is 10.2 Å². The molecule has 7 heteroatoms. The van der Waals surface area contributed by atoms with Gasteiger partial charge in [-0.15, -0.1) is 12.4 Å². The molecule has 29 heavy (non-hydrogen) atoms. The largest absolute Gasteiger partial charge is 0.363 e. The van der Waals surface area contributed by atoms with Gasteiger partial charge in [0.1, 0.15) is 5.82 Å². The number of anilines is 2. The summed E-state index contributed by atoms with van der Waals surface area (Å²) >= 11 is 0. The first-order valence-electron chi connectivity index (χ1n) is 9.56. The molecule has 0 saturated carbocycles. The Labute approximate surface area is 177 Å². The van der Waals surface area contributed by atoms with Gasteiger partial charge in [0.15, 0.2) is 0 Å². The molecule has 6 nitrogen and oxygen atoms in total. The number of hydrogen-bond acceptors (Lipinski definition) is 4. The molecule has 3 aromatic rings. The third-order valence-electron chi connectivity index (χ3n) is 5.25. The van der Waals surface area contributed by atoms with Crippen LogP contribution in [0, 0.1) is 13.8 Å². The molecule has 152 valence electrons. The second-order valence-corrected chi connectivity index (χ2v) is 7.56. The van der Waals surface area contributed by atoms with Gasteiger partial charge in [0.2, 0.25) is 5.91 Å². The number of aryl methyl sites for hydroxylation is 2. The SMILES string of the molecule is CC(=O)N1c2ccc(-n3cnc(C)c3)cc2[C@@H](Nc2ccc(C)cn2)C[C@H]1C.Cl. The molecule has 1 aliphatic heterocycles. The van der Waals surface area contributed by atoms with Crippen LogP contribution in [0.15, 0.2) is 49.1 Å². The van der Waals surface area contributed by atoms with E-state index in [9.17, 15) is 4.79 Å². The van der Waals surface area contributed by atoms with E-state index in [1.165, 1.54) is 0 Å². The van der Waals surface area contributed by atoms with Crippen LogP contribution in [0.2, 0.25) is 0 Å². The van der Waals surface area contributed by atoms with Crippen LogP contribution in [0.1, 0.15) is 43.1 Å². The number of rotatable bonds is 3. The van der Waals surface area contributed by atoms with Crippen molar-refractivity contribution in [3.63, 3.8) is 0 Å². The van der Waals surface area contributed by atoms with E-state index in [2.05, 4.69) is 34.3 Å². The molecular formula is C22H26ClN5O. The summed E-state index contributed by atoms with van der Waals surface area (Å²) in [7, 11) is 0. The number of nitrogens with zero attached hydrogens (tertiary/aromatic N) is 4. The number of fused-ring (bicyclic) bond motifs is 1. The average molecular weight is 412 g/mol. The van der Waals surface area contributed by atoms with Gasteiger partial charge in [-0.3, -0.25) is 4.79 Å². The van der Waals surface area contributed by atoms with Gasteiger partial charge in [-0.1, -0.05) is 6.07 Å². The normalized spacial score (nSPS) is 18.0. The van der Waals surface area contributed by atoms with Gasteiger partial charge in [-0.25, -0.2) is 9.97 Å². The molecule has 0 aliphatic carbocycles. The summed E-state index contributed by atoms with van der Waals surface area (Å²) < 4.78 is 2.01. The van der Waals surface area contributed by atoms with E-state index in [1.54, 1.807) is 6.92 Å². The fourth-order valence-corrected chi connectivity index (χ4v) is 3.92. The number of carbonyl (C=O) groups excluding carboxylic acids is 1. The molecule has 4 rings (SSSR count). The Kier molecular flexibility index (Phi) is 5.94. The zero-order valence-corrected chi connectivity index (χ0v) is 17.9. The first-order chi connectivity index (χ1) is 13.4.